The van der Waals surface area contributed by atoms with E-state index in [4.69, 9.17) is 4.74 Å². The molecule has 0 aliphatic carbocycles. The van der Waals surface area contributed by atoms with Crippen molar-refractivity contribution in [3.8, 4) is 5.75 Å². The molecule has 3 amide bonds. The Morgan fingerprint density at radius 3 is 2.68 bits per heavy atom. The summed E-state index contributed by atoms with van der Waals surface area (Å²) in [5, 5.41) is 5.59. The van der Waals surface area contributed by atoms with Crippen LogP contribution in [0, 0.1) is 0 Å². The number of ether oxygens (including phenoxy) is 1. The maximum atomic E-state index is 12.8. The molecule has 0 radical (unpaired) electrons. The number of hydrogen-bond donors (Lipinski definition) is 2. The molecule has 2 fully saturated rings. The monoisotopic (exact) mass is 341 g/mol. The Hall–Kier alpha value is -2.41. The molecule has 0 saturated carbocycles. The molecule has 0 bridgehead atoms. The minimum atomic E-state index is -0.572. The molecule has 4 aliphatic heterocycles. The van der Waals surface area contributed by atoms with Crippen LogP contribution in [0.1, 0.15) is 40.7 Å². The number of rotatable bonds is 1. The Labute approximate surface area is 144 Å². The number of benzene rings is 1. The van der Waals surface area contributed by atoms with Gasteiger partial charge in [0.15, 0.2) is 0 Å². The molecule has 130 valence electrons. The van der Waals surface area contributed by atoms with Crippen molar-refractivity contribution in [1.29, 1.82) is 0 Å². The van der Waals surface area contributed by atoms with Gasteiger partial charge in [0.25, 0.3) is 5.91 Å². The normalized spacial score (nSPS) is 26.6. The Bertz CT molecular complexity index is 815. The summed E-state index contributed by atoms with van der Waals surface area (Å²) in [7, 11) is 0. The molecule has 2 N–H and O–H groups in total. The summed E-state index contributed by atoms with van der Waals surface area (Å²) in [6, 6.07) is 3.32. The lowest BCUT2D eigenvalue weighted by atomic mass is 9.85. The molecular weight excluding hydrogens is 322 g/mol. The zero-order valence-corrected chi connectivity index (χ0v) is 13.8. The van der Waals surface area contributed by atoms with E-state index in [-0.39, 0.29) is 29.7 Å². The molecule has 4 aliphatic rings. The fourth-order valence-corrected chi connectivity index (χ4v) is 4.23. The summed E-state index contributed by atoms with van der Waals surface area (Å²) in [5.74, 6) is 0.0916. The molecule has 5 rings (SSSR count). The SMILES string of the molecule is O=C1CC[C@H](N2Cc3cc4c(cc3C2=O)CCC2(CNC2)O4)C(=O)N1. The lowest BCUT2D eigenvalue weighted by Gasteiger charge is -2.45. The van der Waals surface area contributed by atoms with Crippen molar-refractivity contribution in [3.63, 3.8) is 0 Å². The third-order valence-electron chi connectivity index (χ3n) is 5.78. The van der Waals surface area contributed by atoms with Crippen LogP contribution in [0.5, 0.6) is 5.75 Å². The first kappa shape index (κ1) is 14.9. The highest BCUT2D eigenvalue weighted by Crippen LogP contribution is 2.39. The summed E-state index contributed by atoms with van der Waals surface area (Å²) in [4.78, 5) is 37.9. The van der Waals surface area contributed by atoms with Crippen molar-refractivity contribution in [2.24, 2.45) is 0 Å². The number of fused-ring (bicyclic) bond motifs is 2. The molecule has 25 heavy (non-hydrogen) atoms. The predicted molar refractivity (Wildman–Crippen MR) is 87.0 cm³/mol. The second-order valence-corrected chi connectivity index (χ2v) is 7.41. The number of carbonyl (C=O) groups excluding carboxylic acids is 3. The van der Waals surface area contributed by atoms with Gasteiger partial charge >= 0.3 is 0 Å². The number of hydrogen-bond acceptors (Lipinski definition) is 5. The lowest BCUT2D eigenvalue weighted by Crippen LogP contribution is -2.64. The Kier molecular flexibility index (Phi) is 3.01. The quantitative estimate of drug-likeness (QED) is 0.708. The van der Waals surface area contributed by atoms with E-state index in [1.807, 2.05) is 12.1 Å². The zero-order valence-electron chi connectivity index (χ0n) is 13.8. The zero-order chi connectivity index (χ0) is 17.2. The van der Waals surface area contributed by atoms with Crippen molar-refractivity contribution in [1.82, 2.24) is 15.5 Å². The Morgan fingerprint density at radius 2 is 1.96 bits per heavy atom. The topological polar surface area (TPSA) is 87.7 Å². The van der Waals surface area contributed by atoms with Crippen molar-refractivity contribution in [2.75, 3.05) is 13.1 Å². The number of nitrogens with one attached hydrogen (secondary N) is 2. The smallest absolute Gasteiger partial charge is 0.255 e. The van der Waals surface area contributed by atoms with Crippen LogP contribution in [0.3, 0.4) is 0 Å². The van der Waals surface area contributed by atoms with E-state index in [9.17, 15) is 14.4 Å². The van der Waals surface area contributed by atoms with Gasteiger partial charge < -0.3 is 15.0 Å². The fraction of sp³-hybridized carbons (Fsp3) is 0.500. The van der Waals surface area contributed by atoms with Gasteiger partial charge in [-0.05, 0) is 42.5 Å². The summed E-state index contributed by atoms with van der Waals surface area (Å²) in [5.41, 5.74) is 2.54. The van der Waals surface area contributed by atoms with Crippen LogP contribution in [0.2, 0.25) is 0 Å². The molecular formula is C18H19N3O4. The molecule has 7 heteroatoms. The highest BCUT2D eigenvalue weighted by molar-refractivity contribution is 6.05. The maximum Gasteiger partial charge on any atom is 0.255 e. The van der Waals surface area contributed by atoms with Crippen molar-refractivity contribution < 1.29 is 19.1 Å². The second-order valence-electron chi connectivity index (χ2n) is 7.41. The van der Waals surface area contributed by atoms with Crippen LogP contribution in [-0.4, -0.2) is 47.4 Å². The predicted octanol–water partition coefficient (Wildman–Crippen LogP) is 0.115. The highest BCUT2D eigenvalue weighted by Gasteiger charge is 2.44. The van der Waals surface area contributed by atoms with Gasteiger partial charge in [0, 0.05) is 31.6 Å². The van der Waals surface area contributed by atoms with E-state index in [0.29, 0.717) is 18.5 Å². The van der Waals surface area contributed by atoms with Crippen LogP contribution in [0.4, 0.5) is 0 Å². The number of carbonyl (C=O) groups is 3. The van der Waals surface area contributed by atoms with Crippen LogP contribution >= 0.6 is 0 Å². The van der Waals surface area contributed by atoms with Gasteiger partial charge in [0.1, 0.15) is 17.4 Å². The molecule has 4 heterocycles. The van der Waals surface area contributed by atoms with Gasteiger partial charge in [0.2, 0.25) is 11.8 Å². The number of aryl methyl sites for hydroxylation is 1. The highest BCUT2D eigenvalue weighted by atomic mass is 16.5. The number of nitrogens with zero attached hydrogens (tertiary/aromatic N) is 1. The number of piperidine rings is 1. The average Bonchev–Trinajstić information content (AvgIpc) is 2.87. The van der Waals surface area contributed by atoms with E-state index in [0.717, 1.165) is 42.8 Å². The van der Waals surface area contributed by atoms with Gasteiger partial charge in [-0.3, -0.25) is 19.7 Å². The van der Waals surface area contributed by atoms with Crippen LogP contribution in [0.15, 0.2) is 12.1 Å². The molecule has 2 saturated heterocycles. The fourth-order valence-electron chi connectivity index (χ4n) is 4.23. The van der Waals surface area contributed by atoms with Gasteiger partial charge in [-0.1, -0.05) is 0 Å². The maximum absolute atomic E-state index is 12.8. The largest absolute Gasteiger partial charge is 0.484 e. The van der Waals surface area contributed by atoms with Crippen LogP contribution in [0.25, 0.3) is 0 Å². The molecule has 1 atom stereocenters. The molecule has 1 aromatic carbocycles. The average molecular weight is 341 g/mol. The van der Waals surface area contributed by atoms with Crippen LogP contribution in [-0.2, 0) is 22.6 Å². The Morgan fingerprint density at radius 1 is 1.12 bits per heavy atom. The van der Waals surface area contributed by atoms with Crippen molar-refractivity contribution in [2.45, 2.75) is 43.9 Å². The van der Waals surface area contributed by atoms with E-state index >= 15 is 0 Å². The molecule has 0 unspecified atom stereocenters. The summed E-state index contributed by atoms with van der Waals surface area (Å²) in [6.45, 7) is 2.12. The van der Waals surface area contributed by atoms with Gasteiger partial charge in [0.05, 0.1) is 0 Å². The summed E-state index contributed by atoms with van der Waals surface area (Å²) >= 11 is 0. The Balaban J connectivity index is 1.43. The van der Waals surface area contributed by atoms with Crippen molar-refractivity contribution in [3.05, 3.63) is 28.8 Å². The second kappa shape index (κ2) is 5.05. The first-order valence-corrected chi connectivity index (χ1v) is 8.75. The minimum Gasteiger partial charge on any atom is -0.484 e. The van der Waals surface area contributed by atoms with E-state index in [1.165, 1.54) is 0 Å². The molecule has 0 aromatic heterocycles. The first-order chi connectivity index (χ1) is 12.0. The minimum absolute atomic E-state index is 0.0901. The summed E-state index contributed by atoms with van der Waals surface area (Å²) in [6.07, 6.45) is 2.51. The van der Waals surface area contributed by atoms with Gasteiger partial charge in [-0.25, -0.2) is 0 Å². The summed E-state index contributed by atoms with van der Waals surface area (Å²) < 4.78 is 6.22. The first-order valence-electron chi connectivity index (χ1n) is 8.75. The van der Waals surface area contributed by atoms with Crippen molar-refractivity contribution >= 4 is 17.7 Å². The molecule has 1 spiro atoms. The third-order valence-corrected chi connectivity index (χ3v) is 5.78. The molecule has 7 nitrogen and oxygen atoms in total. The number of imide groups is 1. The number of amides is 3. The van der Waals surface area contributed by atoms with E-state index in [1.54, 1.807) is 4.90 Å². The van der Waals surface area contributed by atoms with Gasteiger partial charge in [-0.15, -0.1) is 0 Å². The lowest BCUT2D eigenvalue weighted by molar-refractivity contribution is -0.136. The van der Waals surface area contributed by atoms with E-state index in [2.05, 4.69) is 10.6 Å². The van der Waals surface area contributed by atoms with Gasteiger partial charge in [-0.2, -0.15) is 0 Å². The van der Waals surface area contributed by atoms with Crippen LogP contribution < -0.4 is 15.4 Å². The van der Waals surface area contributed by atoms with E-state index < -0.39 is 6.04 Å². The third kappa shape index (κ3) is 2.18. The molecule has 1 aromatic rings. The standard InChI is InChI=1S/C18H19N3O4/c22-15-2-1-13(16(23)20-15)21-7-11-6-14-10(5-12(11)17(21)24)3-4-18(25-14)8-19-9-18/h5-6,13,19H,1-4,7-9H2,(H,20,22,23)/t13-/m0/s1.